The van der Waals surface area contributed by atoms with Crippen LogP contribution >= 0.6 is 0 Å². The number of hydrogen-bond acceptors (Lipinski definition) is 4. The summed E-state index contributed by atoms with van der Waals surface area (Å²) in [6, 6.07) is 0.0958. The molecule has 0 aromatic carbocycles. The second-order valence-electron chi connectivity index (χ2n) is 5.73. The molecule has 5 nitrogen and oxygen atoms in total. The number of nitrogens with one attached hydrogen (secondary N) is 1. The maximum absolute atomic E-state index is 15.3. The standard InChI is InChI=1S/C14H24FN3O2/c1-10(2)18-13(12(19-4)8-17-18)14(3,15)7-11-9-20-6-5-16-11/h8,10-11,16H,5-7,9H2,1-4H3. The molecule has 0 radical (unpaired) electrons. The highest BCUT2D eigenvalue weighted by atomic mass is 19.1. The molecule has 0 amide bonds. The molecular formula is C14H24FN3O2. The molecule has 0 aliphatic carbocycles. The summed E-state index contributed by atoms with van der Waals surface area (Å²) in [6.07, 6.45) is 1.92. The molecule has 1 aliphatic heterocycles. The third kappa shape index (κ3) is 3.12. The van der Waals surface area contributed by atoms with Crippen molar-refractivity contribution in [2.45, 2.75) is 44.9 Å². The Kier molecular flexibility index (Phi) is 4.65. The number of methoxy groups -OCH3 is 1. The molecule has 1 fully saturated rings. The van der Waals surface area contributed by atoms with Crippen LogP contribution in [0.5, 0.6) is 5.75 Å². The zero-order valence-electron chi connectivity index (χ0n) is 12.6. The molecule has 2 atom stereocenters. The molecule has 6 heteroatoms. The van der Waals surface area contributed by atoms with Crippen LogP contribution in [-0.4, -0.2) is 42.7 Å². The van der Waals surface area contributed by atoms with E-state index in [9.17, 15) is 0 Å². The summed E-state index contributed by atoms with van der Waals surface area (Å²) >= 11 is 0. The summed E-state index contributed by atoms with van der Waals surface area (Å²) in [5.74, 6) is 0.500. The fourth-order valence-electron chi connectivity index (χ4n) is 2.69. The van der Waals surface area contributed by atoms with Crippen molar-refractivity contribution < 1.29 is 13.9 Å². The van der Waals surface area contributed by atoms with E-state index in [4.69, 9.17) is 9.47 Å². The van der Waals surface area contributed by atoms with Gasteiger partial charge in [0.1, 0.15) is 5.69 Å². The highest BCUT2D eigenvalue weighted by Gasteiger charge is 2.37. The van der Waals surface area contributed by atoms with Crippen LogP contribution in [0.1, 0.15) is 38.9 Å². The number of alkyl halides is 1. The largest absolute Gasteiger partial charge is 0.493 e. The van der Waals surface area contributed by atoms with Crippen LogP contribution in [0.15, 0.2) is 6.20 Å². The lowest BCUT2D eigenvalue weighted by molar-refractivity contribution is 0.0438. The molecule has 2 unspecified atom stereocenters. The predicted octanol–water partition coefficient (Wildman–Crippen LogP) is 2.04. The Balaban J connectivity index is 2.24. The molecule has 20 heavy (non-hydrogen) atoms. The maximum atomic E-state index is 15.3. The smallest absolute Gasteiger partial charge is 0.163 e. The third-order valence-corrected chi connectivity index (χ3v) is 3.59. The van der Waals surface area contributed by atoms with E-state index in [0.717, 1.165) is 6.54 Å². The Bertz CT molecular complexity index is 440. The molecule has 1 aromatic heterocycles. The molecule has 2 heterocycles. The van der Waals surface area contributed by atoms with Gasteiger partial charge in [-0.05, 0) is 20.8 Å². The predicted molar refractivity (Wildman–Crippen MR) is 74.9 cm³/mol. The van der Waals surface area contributed by atoms with Gasteiger partial charge in [0.05, 0.1) is 26.5 Å². The lowest BCUT2D eigenvalue weighted by Crippen LogP contribution is -2.44. The lowest BCUT2D eigenvalue weighted by Gasteiger charge is -2.31. The molecule has 1 aliphatic rings. The van der Waals surface area contributed by atoms with Gasteiger partial charge < -0.3 is 14.8 Å². The van der Waals surface area contributed by atoms with E-state index in [1.807, 2.05) is 13.8 Å². The zero-order valence-corrected chi connectivity index (χ0v) is 12.6. The van der Waals surface area contributed by atoms with Gasteiger partial charge in [-0.15, -0.1) is 0 Å². The van der Waals surface area contributed by atoms with Gasteiger partial charge in [-0.2, -0.15) is 5.10 Å². The Morgan fingerprint density at radius 2 is 2.40 bits per heavy atom. The molecule has 1 aromatic rings. The fraction of sp³-hybridized carbons (Fsp3) is 0.786. The Hall–Kier alpha value is -1.14. The number of nitrogens with zero attached hydrogens (tertiary/aromatic N) is 2. The van der Waals surface area contributed by atoms with E-state index < -0.39 is 5.67 Å². The van der Waals surface area contributed by atoms with Crippen molar-refractivity contribution in [2.24, 2.45) is 0 Å². The quantitative estimate of drug-likeness (QED) is 0.899. The molecule has 0 saturated carbocycles. The van der Waals surface area contributed by atoms with Crippen LogP contribution in [-0.2, 0) is 10.4 Å². The molecule has 2 rings (SSSR count). The van der Waals surface area contributed by atoms with Crippen molar-refractivity contribution in [2.75, 3.05) is 26.9 Å². The first-order chi connectivity index (χ1) is 9.45. The summed E-state index contributed by atoms with van der Waals surface area (Å²) in [6.45, 7) is 7.54. The van der Waals surface area contributed by atoms with Gasteiger partial charge in [0.25, 0.3) is 0 Å². The minimum absolute atomic E-state index is 0.0129. The Labute approximate surface area is 119 Å². The number of morpholine rings is 1. The highest BCUT2D eigenvalue weighted by molar-refractivity contribution is 5.31. The van der Waals surface area contributed by atoms with Crippen LogP contribution in [0.2, 0.25) is 0 Å². The van der Waals surface area contributed by atoms with E-state index in [1.54, 1.807) is 24.9 Å². The second-order valence-corrected chi connectivity index (χ2v) is 5.73. The molecular weight excluding hydrogens is 261 g/mol. The van der Waals surface area contributed by atoms with Crippen molar-refractivity contribution in [3.8, 4) is 5.75 Å². The summed E-state index contributed by atoms with van der Waals surface area (Å²) in [5.41, 5.74) is -1.02. The Morgan fingerprint density at radius 3 is 2.95 bits per heavy atom. The third-order valence-electron chi connectivity index (χ3n) is 3.59. The number of ether oxygens (including phenoxy) is 2. The van der Waals surface area contributed by atoms with E-state index in [0.29, 0.717) is 31.1 Å². The van der Waals surface area contributed by atoms with E-state index in [2.05, 4.69) is 10.4 Å². The first kappa shape index (κ1) is 15.3. The minimum Gasteiger partial charge on any atom is -0.493 e. The molecule has 0 spiro atoms. The first-order valence-electron chi connectivity index (χ1n) is 7.07. The molecule has 1 saturated heterocycles. The Morgan fingerprint density at radius 1 is 1.65 bits per heavy atom. The van der Waals surface area contributed by atoms with Crippen molar-refractivity contribution in [3.63, 3.8) is 0 Å². The number of halogens is 1. The van der Waals surface area contributed by atoms with E-state index in [1.165, 1.54) is 0 Å². The zero-order chi connectivity index (χ0) is 14.8. The maximum Gasteiger partial charge on any atom is 0.163 e. The van der Waals surface area contributed by atoms with Crippen LogP contribution in [0.25, 0.3) is 0 Å². The van der Waals surface area contributed by atoms with Gasteiger partial charge in [0, 0.05) is 25.0 Å². The van der Waals surface area contributed by atoms with Crippen LogP contribution < -0.4 is 10.1 Å². The van der Waals surface area contributed by atoms with Gasteiger partial charge in [0.2, 0.25) is 0 Å². The van der Waals surface area contributed by atoms with Gasteiger partial charge in [-0.1, -0.05) is 0 Å². The van der Waals surface area contributed by atoms with Crippen LogP contribution in [0, 0.1) is 0 Å². The lowest BCUT2D eigenvalue weighted by atomic mass is 9.94. The normalized spacial score (nSPS) is 22.8. The first-order valence-corrected chi connectivity index (χ1v) is 7.07. The molecule has 0 bridgehead atoms. The minimum atomic E-state index is -1.52. The summed E-state index contributed by atoms with van der Waals surface area (Å²) in [5, 5.41) is 7.53. The number of rotatable bonds is 5. The highest BCUT2D eigenvalue weighted by Crippen LogP contribution is 2.38. The average Bonchev–Trinajstić information content (AvgIpc) is 2.84. The number of aromatic nitrogens is 2. The van der Waals surface area contributed by atoms with Crippen LogP contribution in [0.3, 0.4) is 0 Å². The second kappa shape index (κ2) is 6.10. The van der Waals surface area contributed by atoms with E-state index in [-0.39, 0.29) is 12.1 Å². The SMILES string of the molecule is COc1cnn(C(C)C)c1C(C)(F)CC1COCCN1. The van der Waals surface area contributed by atoms with Gasteiger partial charge in [0.15, 0.2) is 11.4 Å². The monoisotopic (exact) mass is 285 g/mol. The van der Waals surface area contributed by atoms with Gasteiger partial charge in [-0.25, -0.2) is 4.39 Å². The van der Waals surface area contributed by atoms with Crippen molar-refractivity contribution in [1.82, 2.24) is 15.1 Å². The molecule has 1 N–H and O–H groups in total. The number of hydrogen-bond donors (Lipinski definition) is 1. The molecule has 114 valence electrons. The van der Waals surface area contributed by atoms with Crippen LogP contribution in [0.4, 0.5) is 4.39 Å². The summed E-state index contributed by atoms with van der Waals surface area (Å²) in [7, 11) is 1.54. The van der Waals surface area contributed by atoms with Gasteiger partial charge in [-0.3, -0.25) is 4.68 Å². The topological polar surface area (TPSA) is 48.3 Å². The van der Waals surface area contributed by atoms with Crippen molar-refractivity contribution in [1.29, 1.82) is 0 Å². The average molecular weight is 285 g/mol. The summed E-state index contributed by atoms with van der Waals surface area (Å²) in [4.78, 5) is 0. The van der Waals surface area contributed by atoms with Crippen molar-refractivity contribution >= 4 is 0 Å². The van der Waals surface area contributed by atoms with Gasteiger partial charge >= 0.3 is 0 Å². The fourth-order valence-corrected chi connectivity index (χ4v) is 2.69. The summed E-state index contributed by atoms with van der Waals surface area (Å²) < 4.78 is 27.6. The van der Waals surface area contributed by atoms with E-state index >= 15 is 4.39 Å². The van der Waals surface area contributed by atoms with Crippen molar-refractivity contribution in [3.05, 3.63) is 11.9 Å².